The highest BCUT2D eigenvalue weighted by Crippen LogP contribution is 2.39. The number of carbonyl (C=O) groups is 1. The highest BCUT2D eigenvalue weighted by molar-refractivity contribution is 9.10. The number of carbonyl (C=O) groups excluding carboxylic acids is 1. The number of halogens is 2. The topological polar surface area (TPSA) is 56.8 Å². The molecular formula is C32H41BrFNO4. The fraction of sp³-hybridized carbons (Fsp3) is 0.469. The first-order chi connectivity index (χ1) is 18.8. The molecule has 212 valence electrons. The molecule has 0 spiro atoms. The number of hydrogen-bond acceptors (Lipinski definition) is 5. The second-order valence-electron chi connectivity index (χ2n) is 10.3. The van der Waals surface area contributed by atoms with Crippen LogP contribution >= 0.6 is 15.9 Å². The number of hydrogen-bond donors (Lipinski definition) is 1. The zero-order valence-corrected chi connectivity index (χ0v) is 24.8. The number of ether oxygens (including phenoxy) is 3. The summed E-state index contributed by atoms with van der Waals surface area (Å²) in [7, 11) is 3.31. The highest BCUT2D eigenvalue weighted by Gasteiger charge is 2.35. The molecular weight excluding hydrogens is 561 g/mol. The van der Waals surface area contributed by atoms with Crippen molar-refractivity contribution in [2.45, 2.75) is 63.7 Å². The number of nitrogens with one attached hydrogen (secondary N) is 1. The van der Waals surface area contributed by atoms with E-state index in [1.807, 2.05) is 32.2 Å². The van der Waals surface area contributed by atoms with Crippen molar-refractivity contribution in [2.75, 3.05) is 20.8 Å². The van der Waals surface area contributed by atoms with Crippen LogP contribution in [-0.2, 0) is 20.9 Å². The molecule has 0 radical (unpaired) electrons. The summed E-state index contributed by atoms with van der Waals surface area (Å²) in [4.78, 5) is 11.3. The largest absolute Gasteiger partial charge is 0.488 e. The maximum atomic E-state index is 14.1. The van der Waals surface area contributed by atoms with Gasteiger partial charge in [0.2, 0.25) is 0 Å². The normalized spacial score (nSPS) is 20.9. The highest BCUT2D eigenvalue weighted by atomic mass is 79.9. The van der Waals surface area contributed by atoms with Crippen LogP contribution in [0.15, 0.2) is 77.3 Å². The molecule has 39 heavy (non-hydrogen) atoms. The number of allylic oxidation sites excluding steroid dienone is 2. The summed E-state index contributed by atoms with van der Waals surface area (Å²) in [5.74, 6) is 0.387. The summed E-state index contributed by atoms with van der Waals surface area (Å²) in [6.07, 6.45) is 14.0. The van der Waals surface area contributed by atoms with Gasteiger partial charge in [-0.3, -0.25) is 4.79 Å². The molecule has 2 aromatic carbocycles. The molecule has 4 atom stereocenters. The number of benzene rings is 2. The molecule has 1 saturated carbocycles. The van der Waals surface area contributed by atoms with E-state index in [4.69, 9.17) is 14.2 Å². The van der Waals surface area contributed by atoms with Crippen molar-refractivity contribution >= 4 is 21.9 Å². The SMILES string of the molecule is CNC(C)(/C=C/[C@@H]1[C@@H](C/C=C\CCCC(=O)OC)CC[C@H]1OCc1ccccc1Br)COc1ccccc1F. The lowest BCUT2D eigenvalue weighted by Crippen LogP contribution is -2.43. The Hall–Kier alpha value is -2.48. The van der Waals surface area contributed by atoms with E-state index in [9.17, 15) is 9.18 Å². The Bertz CT molecular complexity index is 1110. The Balaban J connectivity index is 1.67. The predicted molar refractivity (Wildman–Crippen MR) is 157 cm³/mol. The van der Waals surface area contributed by atoms with Crippen LogP contribution in [0.1, 0.15) is 51.0 Å². The third kappa shape index (κ3) is 9.89. The average Bonchev–Trinajstić information content (AvgIpc) is 3.34. The van der Waals surface area contributed by atoms with E-state index >= 15 is 0 Å². The first-order valence-electron chi connectivity index (χ1n) is 13.7. The van der Waals surface area contributed by atoms with E-state index in [1.165, 1.54) is 13.2 Å². The molecule has 7 heteroatoms. The van der Waals surface area contributed by atoms with Gasteiger partial charge in [0.15, 0.2) is 11.6 Å². The third-order valence-electron chi connectivity index (χ3n) is 7.41. The Morgan fingerprint density at radius 1 is 1.15 bits per heavy atom. The van der Waals surface area contributed by atoms with Crippen molar-refractivity contribution in [1.82, 2.24) is 5.32 Å². The summed E-state index contributed by atoms with van der Waals surface area (Å²) in [6.45, 7) is 2.89. The Morgan fingerprint density at radius 3 is 2.67 bits per heavy atom. The molecule has 1 aliphatic rings. The van der Waals surface area contributed by atoms with Crippen molar-refractivity contribution in [3.63, 3.8) is 0 Å². The lowest BCUT2D eigenvalue weighted by atomic mass is 9.89. The van der Waals surface area contributed by atoms with Crippen LogP contribution in [0, 0.1) is 17.7 Å². The fourth-order valence-electron chi connectivity index (χ4n) is 4.80. The van der Waals surface area contributed by atoms with Gasteiger partial charge in [-0.15, -0.1) is 0 Å². The third-order valence-corrected chi connectivity index (χ3v) is 8.19. The van der Waals surface area contributed by atoms with Gasteiger partial charge < -0.3 is 19.5 Å². The van der Waals surface area contributed by atoms with Crippen LogP contribution < -0.4 is 10.1 Å². The minimum atomic E-state index is -0.480. The van der Waals surface area contributed by atoms with Crippen LogP contribution in [0.5, 0.6) is 5.75 Å². The number of esters is 1. The maximum absolute atomic E-state index is 14.1. The van der Waals surface area contributed by atoms with Crippen molar-refractivity contribution < 1.29 is 23.4 Å². The van der Waals surface area contributed by atoms with E-state index in [1.54, 1.807) is 18.2 Å². The molecule has 0 saturated heterocycles. The van der Waals surface area contributed by atoms with Crippen LogP contribution in [0.4, 0.5) is 4.39 Å². The molecule has 0 heterocycles. The molecule has 0 bridgehead atoms. The zero-order valence-electron chi connectivity index (χ0n) is 23.2. The molecule has 3 rings (SSSR count). The molecule has 1 unspecified atom stereocenters. The van der Waals surface area contributed by atoms with Crippen molar-refractivity contribution in [3.8, 4) is 5.75 Å². The predicted octanol–water partition coefficient (Wildman–Crippen LogP) is 7.40. The molecule has 2 aromatic rings. The van der Waals surface area contributed by atoms with Gasteiger partial charge in [0.1, 0.15) is 6.61 Å². The Labute approximate surface area is 240 Å². The summed E-state index contributed by atoms with van der Waals surface area (Å²) in [5, 5.41) is 3.33. The quantitative estimate of drug-likeness (QED) is 0.131. The zero-order chi connectivity index (χ0) is 28.1. The lowest BCUT2D eigenvalue weighted by Gasteiger charge is -2.28. The summed E-state index contributed by atoms with van der Waals surface area (Å²) in [5.41, 5.74) is 0.652. The number of rotatable bonds is 15. The van der Waals surface area contributed by atoms with Gasteiger partial charge in [-0.2, -0.15) is 0 Å². The Morgan fingerprint density at radius 2 is 1.92 bits per heavy atom. The molecule has 5 nitrogen and oxygen atoms in total. The van der Waals surface area contributed by atoms with E-state index < -0.39 is 5.54 Å². The van der Waals surface area contributed by atoms with Crippen LogP contribution in [0.25, 0.3) is 0 Å². The van der Waals surface area contributed by atoms with Crippen LogP contribution in [0.2, 0.25) is 0 Å². The number of likely N-dealkylation sites (N-methyl/N-ethyl adjacent to an activating group) is 1. The molecule has 1 aliphatic carbocycles. The van der Waals surface area contributed by atoms with Crippen molar-refractivity contribution in [3.05, 3.63) is 88.7 Å². The second-order valence-corrected chi connectivity index (χ2v) is 11.1. The number of para-hydroxylation sites is 1. The van der Waals surface area contributed by atoms with Gasteiger partial charge in [0, 0.05) is 16.8 Å². The van der Waals surface area contributed by atoms with Crippen LogP contribution in [0.3, 0.4) is 0 Å². The van der Waals surface area contributed by atoms with Gasteiger partial charge in [-0.05, 0) is 75.8 Å². The van der Waals surface area contributed by atoms with E-state index in [2.05, 4.69) is 51.6 Å². The summed E-state index contributed by atoms with van der Waals surface area (Å²) in [6, 6.07) is 14.6. The standard InChI is InChI=1S/C32H41BrFNO4/c1-32(35-2,23-39-30-16-11-10-15-28(30)34)21-20-26-24(12-6-4-5-7-17-31(36)37-3)18-19-29(26)38-22-25-13-8-9-14-27(25)33/h4,6,8-11,13-16,20-21,24,26,29,35H,5,7,12,17-19,22-23H2,1-3H3/b6-4-,21-20+/t24-,26+,29+,32?/m0/s1. The van der Waals surface area contributed by atoms with Gasteiger partial charge in [0.25, 0.3) is 0 Å². The number of unbranched alkanes of at least 4 members (excludes halogenated alkanes) is 1. The average molecular weight is 603 g/mol. The second kappa shape index (κ2) is 15.9. The van der Waals surface area contributed by atoms with E-state index in [-0.39, 0.29) is 29.6 Å². The summed E-state index contributed by atoms with van der Waals surface area (Å²) >= 11 is 3.63. The van der Waals surface area contributed by atoms with Crippen molar-refractivity contribution in [2.24, 2.45) is 11.8 Å². The van der Waals surface area contributed by atoms with Crippen molar-refractivity contribution in [1.29, 1.82) is 0 Å². The molecule has 1 N–H and O–H groups in total. The smallest absolute Gasteiger partial charge is 0.305 e. The van der Waals surface area contributed by atoms with Gasteiger partial charge in [-0.25, -0.2) is 4.39 Å². The van der Waals surface area contributed by atoms with Gasteiger partial charge in [-0.1, -0.05) is 70.6 Å². The van der Waals surface area contributed by atoms with Crippen LogP contribution in [-0.4, -0.2) is 38.4 Å². The van der Waals surface area contributed by atoms with E-state index in [0.717, 1.165) is 42.1 Å². The minimum Gasteiger partial charge on any atom is -0.488 e. The summed E-state index contributed by atoms with van der Waals surface area (Å²) < 4.78 is 32.2. The number of methoxy groups -OCH3 is 1. The first kappa shape index (κ1) is 31.1. The first-order valence-corrected chi connectivity index (χ1v) is 14.5. The van der Waals surface area contributed by atoms with E-state index in [0.29, 0.717) is 25.6 Å². The maximum Gasteiger partial charge on any atom is 0.305 e. The lowest BCUT2D eigenvalue weighted by molar-refractivity contribution is -0.140. The fourth-order valence-corrected chi connectivity index (χ4v) is 5.20. The molecule has 0 amide bonds. The Kier molecular flexibility index (Phi) is 12.7. The molecule has 0 aromatic heterocycles. The molecule has 1 fully saturated rings. The van der Waals surface area contributed by atoms with Gasteiger partial charge >= 0.3 is 5.97 Å². The monoisotopic (exact) mass is 601 g/mol. The minimum absolute atomic E-state index is 0.0969. The van der Waals surface area contributed by atoms with Gasteiger partial charge in [0.05, 0.1) is 25.4 Å². The molecule has 0 aliphatic heterocycles.